The minimum atomic E-state index is -0.694. The summed E-state index contributed by atoms with van der Waals surface area (Å²) in [6, 6.07) is 16.2. The Morgan fingerprint density at radius 1 is 1.21 bits per heavy atom. The number of hydrogen-bond donors (Lipinski definition) is 0. The number of carbonyl (C=O) groups is 1. The number of rotatable bonds is 7. The molecule has 0 aliphatic carbocycles. The minimum Gasteiger partial charge on any atom is -0.496 e. The molecular weight excluding hydrogens is 522 g/mol. The van der Waals surface area contributed by atoms with E-state index in [0.29, 0.717) is 37.7 Å². The van der Waals surface area contributed by atoms with Crippen molar-refractivity contribution in [1.82, 2.24) is 4.57 Å². The van der Waals surface area contributed by atoms with Crippen molar-refractivity contribution in [2.45, 2.75) is 19.9 Å². The average Bonchev–Trinajstić information content (AvgIpc) is 3.52. The van der Waals surface area contributed by atoms with Gasteiger partial charge in [-0.25, -0.2) is 9.79 Å². The van der Waals surface area contributed by atoms with Crippen LogP contribution in [0.15, 0.2) is 86.1 Å². The molecule has 1 aliphatic heterocycles. The average molecular weight is 546 g/mol. The van der Waals surface area contributed by atoms with E-state index in [4.69, 9.17) is 13.9 Å². The maximum atomic E-state index is 13.7. The van der Waals surface area contributed by atoms with Crippen LogP contribution in [0.25, 0.3) is 17.4 Å². The molecule has 1 atom stereocenters. The molecule has 0 amide bonds. The van der Waals surface area contributed by atoms with Crippen molar-refractivity contribution in [3.8, 4) is 17.1 Å². The number of fused-ring (bicyclic) bond motifs is 1. The smallest absolute Gasteiger partial charge is 0.338 e. The van der Waals surface area contributed by atoms with Crippen LogP contribution in [-0.4, -0.2) is 29.2 Å². The Morgan fingerprint density at radius 2 is 1.97 bits per heavy atom. The van der Waals surface area contributed by atoms with Gasteiger partial charge in [0.15, 0.2) is 4.80 Å². The van der Waals surface area contributed by atoms with E-state index in [1.54, 1.807) is 38.1 Å². The number of non-ortho nitro benzene ring substituents is 1. The molecule has 10 nitrogen and oxygen atoms in total. The lowest BCUT2D eigenvalue weighted by molar-refractivity contribution is -0.384. The first-order valence-electron chi connectivity index (χ1n) is 12.0. The SMILES string of the molecule is CCOC(=O)C1=C(C)N=c2s/c(=C\c3ccc(-c4ccc([N+](=O)[O-])cc4OC)o3)c(=O)n2C1c1ccccc1. The number of benzene rings is 2. The van der Waals surface area contributed by atoms with Gasteiger partial charge in [-0.05, 0) is 37.6 Å². The summed E-state index contributed by atoms with van der Waals surface area (Å²) in [5, 5.41) is 11.1. The number of thiazole rings is 1. The van der Waals surface area contributed by atoms with Gasteiger partial charge in [0, 0.05) is 12.1 Å². The number of methoxy groups -OCH3 is 1. The number of nitrogens with zero attached hydrogens (tertiary/aromatic N) is 3. The fourth-order valence-corrected chi connectivity index (χ4v) is 5.47. The molecule has 0 fully saturated rings. The lowest BCUT2D eigenvalue weighted by atomic mass is 9.96. The fourth-order valence-electron chi connectivity index (χ4n) is 4.44. The molecule has 1 unspecified atom stereocenters. The molecule has 11 heteroatoms. The molecule has 5 rings (SSSR count). The molecule has 1 aliphatic rings. The lowest BCUT2D eigenvalue weighted by Gasteiger charge is -2.24. The second-order valence-electron chi connectivity index (χ2n) is 8.56. The van der Waals surface area contributed by atoms with Gasteiger partial charge in [-0.3, -0.25) is 19.5 Å². The van der Waals surface area contributed by atoms with Crippen LogP contribution in [0.5, 0.6) is 5.75 Å². The van der Waals surface area contributed by atoms with Crippen molar-refractivity contribution in [2.75, 3.05) is 13.7 Å². The summed E-state index contributed by atoms with van der Waals surface area (Å²) in [5.74, 6) is 0.584. The van der Waals surface area contributed by atoms with Gasteiger partial charge in [0.2, 0.25) is 0 Å². The summed E-state index contributed by atoms with van der Waals surface area (Å²) in [6.45, 7) is 3.65. The zero-order valence-corrected chi connectivity index (χ0v) is 22.1. The monoisotopic (exact) mass is 545 g/mol. The topological polar surface area (TPSA) is 126 Å². The van der Waals surface area contributed by atoms with E-state index in [9.17, 15) is 19.7 Å². The number of carbonyl (C=O) groups excluding carboxylic acids is 1. The van der Waals surface area contributed by atoms with Crippen molar-refractivity contribution in [2.24, 2.45) is 4.99 Å². The van der Waals surface area contributed by atoms with Crippen molar-refractivity contribution in [3.05, 3.63) is 113 Å². The van der Waals surface area contributed by atoms with E-state index in [2.05, 4.69) is 4.99 Å². The highest BCUT2D eigenvalue weighted by Crippen LogP contribution is 2.34. The van der Waals surface area contributed by atoms with Crippen LogP contribution in [0.2, 0.25) is 0 Å². The molecule has 0 spiro atoms. The molecule has 0 N–H and O–H groups in total. The number of allylic oxidation sites excluding steroid dienone is 1. The number of ether oxygens (including phenoxy) is 2. The number of furan rings is 1. The molecule has 39 heavy (non-hydrogen) atoms. The largest absolute Gasteiger partial charge is 0.496 e. The van der Waals surface area contributed by atoms with Crippen molar-refractivity contribution in [1.29, 1.82) is 0 Å². The Balaban J connectivity index is 1.60. The van der Waals surface area contributed by atoms with Gasteiger partial charge in [0.05, 0.1) is 52.1 Å². The van der Waals surface area contributed by atoms with E-state index < -0.39 is 16.9 Å². The third-order valence-electron chi connectivity index (χ3n) is 6.19. The van der Waals surface area contributed by atoms with Crippen LogP contribution in [-0.2, 0) is 9.53 Å². The molecule has 198 valence electrons. The van der Waals surface area contributed by atoms with Gasteiger partial charge in [-0.2, -0.15) is 0 Å². The predicted molar refractivity (Wildman–Crippen MR) is 144 cm³/mol. The number of esters is 1. The molecule has 0 saturated heterocycles. The fraction of sp³-hybridized carbons (Fsp3) is 0.179. The molecular formula is C28H23N3O7S. The highest BCUT2D eigenvalue weighted by atomic mass is 32.1. The first-order valence-corrected chi connectivity index (χ1v) is 12.8. The van der Waals surface area contributed by atoms with Gasteiger partial charge >= 0.3 is 5.97 Å². The Labute approximate surface area is 225 Å². The van der Waals surface area contributed by atoms with E-state index in [1.807, 2.05) is 30.3 Å². The summed E-state index contributed by atoms with van der Waals surface area (Å²) in [6.07, 6.45) is 1.61. The second-order valence-corrected chi connectivity index (χ2v) is 9.57. The zero-order valence-electron chi connectivity index (χ0n) is 21.2. The van der Waals surface area contributed by atoms with Crippen LogP contribution in [0.3, 0.4) is 0 Å². The normalized spacial score (nSPS) is 15.1. The molecule has 2 aromatic heterocycles. The van der Waals surface area contributed by atoms with Crippen molar-refractivity contribution >= 4 is 29.1 Å². The Bertz CT molecular complexity index is 1800. The van der Waals surface area contributed by atoms with Gasteiger partial charge in [-0.1, -0.05) is 41.7 Å². The third kappa shape index (κ3) is 4.79. The number of nitro groups is 1. The summed E-state index contributed by atoms with van der Waals surface area (Å²) in [5.41, 5.74) is 1.66. The first-order chi connectivity index (χ1) is 18.8. The van der Waals surface area contributed by atoms with Crippen LogP contribution in [0.1, 0.15) is 31.2 Å². The van der Waals surface area contributed by atoms with Crippen LogP contribution in [0.4, 0.5) is 5.69 Å². The highest BCUT2D eigenvalue weighted by Gasteiger charge is 2.33. The van der Waals surface area contributed by atoms with Gasteiger partial charge < -0.3 is 13.9 Å². The number of nitro benzene ring substituents is 1. The maximum absolute atomic E-state index is 13.7. The van der Waals surface area contributed by atoms with E-state index >= 15 is 0 Å². The maximum Gasteiger partial charge on any atom is 0.338 e. The quantitative estimate of drug-likeness (QED) is 0.195. The molecule has 0 bridgehead atoms. The second kappa shape index (κ2) is 10.5. The summed E-state index contributed by atoms with van der Waals surface area (Å²) >= 11 is 1.19. The summed E-state index contributed by atoms with van der Waals surface area (Å²) < 4.78 is 18.5. The van der Waals surface area contributed by atoms with Crippen LogP contribution < -0.4 is 19.6 Å². The van der Waals surface area contributed by atoms with Crippen LogP contribution >= 0.6 is 11.3 Å². The Morgan fingerprint density at radius 3 is 2.67 bits per heavy atom. The molecule has 3 heterocycles. The summed E-state index contributed by atoms with van der Waals surface area (Å²) in [4.78, 5) is 42.3. The predicted octanol–water partition coefficient (Wildman–Crippen LogP) is 3.98. The Hall–Kier alpha value is -4.77. The van der Waals surface area contributed by atoms with Crippen molar-refractivity contribution < 1.29 is 23.6 Å². The molecule has 2 aromatic carbocycles. The van der Waals surface area contributed by atoms with Gasteiger partial charge in [-0.15, -0.1) is 0 Å². The number of hydrogen-bond acceptors (Lipinski definition) is 9. The minimum absolute atomic E-state index is 0.103. The molecule has 0 saturated carbocycles. The van der Waals surface area contributed by atoms with Gasteiger partial charge in [0.1, 0.15) is 17.3 Å². The van der Waals surface area contributed by atoms with Gasteiger partial charge in [0.25, 0.3) is 11.2 Å². The molecule has 4 aromatic rings. The van der Waals surface area contributed by atoms with Crippen molar-refractivity contribution in [3.63, 3.8) is 0 Å². The van der Waals surface area contributed by atoms with E-state index in [0.717, 1.165) is 5.56 Å². The third-order valence-corrected chi connectivity index (χ3v) is 7.18. The van der Waals surface area contributed by atoms with E-state index in [-0.39, 0.29) is 23.6 Å². The standard InChI is InChI=1S/C28H23N3O7S/c1-4-37-27(33)24-16(2)29-28-30(25(24)17-8-6-5-7-9-17)26(32)23(39-28)15-19-11-13-21(38-19)20-12-10-18(31(34)35)14-22(20)36-3/h5-15,25H,4H2,1-3H3/b23-15-. The van der Waals surface area contributed by atoms with Crippen LogP contribution in [0, 0.1) is 10.1 Å². The Kier molecular flexibility index (Phi) is 6.99. The zero-order chi connectivity index (χ0) is 27.7. The number of aromatic nitrogens is 1. The first kappa shape index (κ1) is 25.9. The summed E-state index contributed by atoms with van der Waals surface area (Å²) in [7, 11) is 1.42. The highest BCUT2D eigenvalue weighted by molar-refractivity contribution is 7.07. The lowest BCUT2D eigenvalue weighted by Crippen LogP contribution is -2.39. The molecule has 0 radical (unpaired) electrons. The van der Waals surface area contributed by atoms with E-state index in [1.165, 1.54) is 35.1 Å².